The third-order valence-corrected chi connectivity index (χ3v) is 5.46. The minimum Gasteiger partial charge on any atom is -0.502 e. The van der Waals surface area contributed by atoms with Gasteiger partial charge in [-0.05, 0) is 17.7 Å². The van der Waals surface area contributed by atoms with Gasteiger partial charge in [-0.1, -0.05) is 18.2 Å². The molecule has 2 aromatic heterocycles. The Balaban J connectivity index is 1.81. The quantitative estimate of drug-likeness (QED) is 0.602. The van der Waals surface area contributed by atoms with Crippen LogP contribution in [0.5, 0.6) is 5.75 Å². The van der Waals surface area contributed by atoms with Gasteiger partial charge in [0.1, 0.15) is 5.76 Å². The standard InChI is InChI=1S/C23H24N2O6/c1-29-21(27)13-18(16-6-7-24-19-5-3-2-4-17(16)19)23-22(28)20(26)12-15(31-23)14-25-8-10-30-11-9-25/h2-7,12,18,28H,8-11,13-14H2,1H3. The molecular weight excluding hydrogens is 400 g/mol. The summed E-state index contributed by atoms with van der Waals surface area (Å²) in [4.78, 5) is 31.3. The molecule has 1 fully saturated rings. The van der Waals surface area contributed by atoms with Crippen molar-refractivity contribution in [1.29, 1.82) is 0 Å². The van der Waals surface area contributed by atoms with Crippen LogP contribution in [0.1, 0.15) is 29.4 Å². The number of esters is 1. The van der Waals surface area contributed by atoms with E-state index in [4.69, 9.17) is 13.9 Å². The molecular formula is C23H24N2O6. The number of rotatable bonds is 6. The second-order valence-electron chi connectivity index (χ2n) is 7.43. The fourth-order valence-electron chi connectivity index (χ4n) is 3.86. The molecule has 0 saturated carbocycles. The molecule has 162 valence electrons. The zero-order valence-corrected chi connectivity index (χ0v) is 17.2. The molecule has 0 spiro atoms. The molecule has 1 saturated heterocycles. The molecule has 1 atom stereocenters. The van der Waals surface area contributed by atoms with E-state index >= 15 is 0 Å². The van der Waals surface area contributed by atoms with Crippen molar-refractivity contribution in [2.75, 3.05) is 33.4 Å². The topological polar surface area (TPSA) is 102 Å². The van der Waals surface area contributed by atoms with Crippen LogP contribution in [0.3, 0.4) is 0 Å². The summed E-state index contributed by atoms with van der Waals surface area (Å²) in [6.07, 6.45) is 1.54. The Hall–Kier alpha value is -3.23. The van der Waals surface area contributed by atoms with Gasteiger partial charge in [-0.3, -0.25) is 19.5 Å². The number of morpholine rings is 1. The van der Waals surface area contributed by atoms with Crippen LogP contribution >= 0.6 is 0 Å². The van der Waals surface area contributed by atoms with Gasteiger partial charge in [0.2, 0.25) is 11.2 Å². The smallest absolute Gasteiger partial charge is 0.306 e. The number of hydrogen-bond acceptors (Lipinski definition) is 8. The SMILES string of the molecule is COC(=O)CC(c1oc(CN2CCOCC2)cc(=O)c1O)c1ccnc2ccccc12. The Bertz CT molecular complexity index is 1130. The van der Waals surface area contributed by atoms with Crippen LogP contribution in [-0.2, 0) is 20.8 Å². The minimum atomic E-state index is -0.710. The van der Waals surface area contributed by atoms with Gasteiger partial charge in [0.15, 0.2) is 5.76 Å². The van der Waals surface area contributed by atoms with E-state index in [0.717, 1.165) is 29.6 Å². The number of carbonyl (C=O) groups is 1. The van der Waals surface area contributed by atoms with E-state index in [0.29, 0.717) is 25.5 Å². The summed E-state index contributed by atoms with van der Waals surface area (Å²) in [5, 5.41) is 11.4. The molecule has 0 bridgehead atoms. The molecule has 3 heterocycles. The van der Waals surface area contributed by atoms with E-state index in [9.17, 15) is 14.7 Å². The van der Waals surface area contributed by atoms with Crippen LogP contribution in [0.2, 0.25) is 0 Å². The number of pyridine rings is 1. The lowest BCUT2D eigenvalue weighted by Gasteiger charge is -2.26. The highest BCUT2D eigenvalue weighted by molar-refractivity contribution is 5.84. The van der Waals surface area contributed by atoms with Crippen molar-refractivity contribution in [1.82, 2.24) is 9.88 Å². The van der Waals surface area contributed by atoms with Crippen molar-refractivity contribution in [3.8, 4) is 5.75 Å². The second-order valence-corrected chi connectivity index (χ2v) is 7.43. The predicted octanol–water partition coefficient (Wildman–Crippen LogP) is 2.42. The van der Waals surface area contributed by atoms with Gasteiger partial charge in [0, 0.05) is 30.7 Å². The van der Waals surface area contributed by atoms with Crippen LogP contribution in [-0.4, -0.2) is 54.4 Å². The normalized spacial score (nSPS) is 15.6. The first-order valence-electron chi connectivity index (χ1n) is 10.1. The van der Waals surface area contributed by atoms with Crippen LogP contribution < -0.4 is 5.43 Å². The lowest BCUT2D eigenvalue weighted by molar-refractivity contribution is -0.140. The summed E-state index contributed by atoms with van der Waals surface area (Å²) in [6.45, 7) is 3.08. The highest BCUT2D eigenvalue weighted by atomic mass is 16.5. The molecule has 8 heteroatoms. The largest absolute Gasteiger partial charge is 0.502 e. The third-order valence-electron chi connectivity index (χ3n) is 5.46. The number of nitrogens with zero attached hydrogens (tertiary/aromatic N) is 2. The maximum Gasteiger partial charge on any atom is 0.306 e. The maximum atomic E-state index is 12.6. The molecule has 1 aliphatic rings. The Morgan fingerprint density at radius 2 is 2.03 bits per heavy atom. The van der Waals surface area contributed by atoms with E-state index in [1.165, 1.54) is 13.2 Å². The Morgan fingerprint density at radius 3 is 2.81 bits per heavy atom. The molecule has 1 N–H and O–H groups in total. The molecule has 31 heavy (non-hydrogen) atoms. The van der Waals surface area contributed by atoms with Crippen molar-refractivity contribution in [3.63, 3.8) is 0 Å². The van der Waals surface area contributed by atoms with Gasteiger partial charge in [0.25, 0.3) is 0 Å². The predicted molar refractivity (Wildman–Crippen MR) is 113 cm³/mol. The van der Waals surface area contributed by atoms with E-state index in [1.807, 2.05) is 24.3 Å². The number of benzene rings is 1. The summed E-state index contributed by atoms with van der Waals surface area (Å²) in [5.41, 5.74) is 0.914. The number of para-hydroxylation sites is 1. The number of carbonyl (C=O) groups excluding carboxylic acids is 1. The van der Waals surface area contributed by atoms with Gasteiger partial charge >= 0.3 is 5.97 Å². The zero-order chi connectivity index (χ0) is 21.8. The van der Waals surface area contributed by atoms with Crippen molar-refractivity contribution in [2.24, 2.45) is 0 Å². The van der Waals surface area contributed by atoms with Crippen LogP contribution in [0, 0.1) is 0 Å². The first-order chi connectivity index (χ1) is 15.1. The number of hydrogen-bond donors (Lipinski definition) is 1. The number of aromatic hydroxyl groups is 1. The number of aromatic nitrogens is 1. The molecule has 0 amide bonds. The van der Waals surface area contributed by atoms with E-state index in [2.05, 4.69) is 9.88 Å². The van der Waals surface area contributed by atoms with Crippen molar-refractivity contribution in [3.05, 3.63) is 69.9 Å². The van der Waals surface area contributed by atoms with Gasteiger partial charge in [-0.2, -0.15) is 0 Å². The Kier molecular flexibility index (Phi) is 6.29. The van der Waals surface area contributed by atoms with Crippen molar-refractivity contribution < 1.29 is 23.8 Å². The fourth-order valence-corrected chi connectivity index (χ4v) is 3.86. The first kappa shape index (κ1) is 21.0. The molecule has 8 nitrogen and oxygen atoms in total. The van der Waals surface area contributed by atoms with Gasteiger partial charge < -0.3 is 19.0 Å². The molecule has 3 aromatic rings. The highest BCUT2D eigenvalue weighted by Crippen LogP contribution is 2.36. The molecule has 1 aromatic carbocycles. The highest BCUT2D eigenvalue weighted by Gasteiger charge is 2.28. The van der Waals surface area contributed by atoms with Crippen molar-refractivity contribution >= 4 is 16.9 Å². The van der Waals surface area contributed by atoms with Gasteiger partial charge in [-0.15, -0.1) is 0 Å². The molecule has 4 rings (SSSR count). The summed E-state index contributed by atoms with van der Waals surface area (Å²) in [6, 6.07) is 10.5. The average Bonchev–Trinajstić information content (AvgIpc) is 2.80. The average molecular weight is 424 g/mol. The second kappa shape index (κ2) is 9.28. The maximum absolute atomic E-state index is 12.6. The van der Waals surface area contributed by atoms with Crippen LogP contribution in [0.25, 0.3) is 10.9 Å². The summed E-state index contributed by atoms with van der Waals surface area (Å²) >= 11 is 0. The van der Waals surface area contributed by atoms with Gasteiger partial charge in [0.05, 0.1) is 44.7 Å². The number of methoxy groups -OCH3 is 1. The minimum absolute atomic E-state index is 0.0533. The van der Waals surface area contributed by atoms with Crippen molar-refractivity contribution in [2.45, 2.75) is 18.9 Å². The summed E-state index contributed by atoms with van der Waals surface area (Å²) < 4.78 is 16.3. The van der Waals surface area contributed by atoms with Crippen LogP contribution in [0.4, 0.5) is 0 Å². The molecule has 0 aliphatic carbocycles. The zero-order valence-electron chi connectivity index (χ0n) is 17.2. The van der Waals surface area contributed by atoms with Gasteiger partial charge in [-0.25, -0.2) is 0 Å². The van der Waals surface area contributed by atoms with E-state index in [-0.39, 0.29) is 12.2 Å². The van der Waals surface area contributed by atoms with Crippen LogP contribution in [0.15, 0.2) is 51.8 Å². The summed E-state index contributed by atoms with van der Waals surface area (Å²) in [5.74, 6) is -1.21. The lowest BCUT2D eigenvalue weighted by atomic mass is 9.90. The number of ether oxygens (including phenoxy) is 2. The summed E-state index contributed by atoms with van der Waals surface area (Å²) in [7, 11) is 1.30. The first-order valence-corrected chi connectivity index (χ1v) is 10.1. The third kappa shape index (κ3) is 4.60. The molecule has 1 unspecified atom stereocenters. The molecule has 0 radical (unpaired) electrons. The monoisotopic (exact) mass is 424 g/mol. The molecule has 1 aliphatic heterocycles. The number of fused-ring (bicyclic) bond motifs is 1. The fraction of sp³-hybridized carbons (Fsp3) is 0.348. The van der Waals surface area contributed by atoms with E-state index in [1.54, 1.807) is 12.3 Å². The van der Waals surface area contributed by atoms with E-state index < -0.39 is 23.1 Å². The Morgan fingerprint density at radius 1 is 1.26 bits per heavy atom. The Labute approximate surface area is 179 Å². The lowest BCUT2D eigenvalue weighted by Crippen LogP contribution is -2.35.